The molecule has 2 aromatic rings. The molecule has 0 saturated heterocycles. The van der Waals surface area contributed by atoms with Crippen molar-refractivity contribution in [2.24, 2.45) is 0 Å². The minimum atomic E-state index is -0.676. The number of nitrogens with zero attached hydrogens (tertiary/aromatic N) is 1. The molecule has 1 heterocycles. The average molecular weight is 299 g/mol. The van der Waals surface area contributed by atoms with Crippen LogP contribution in [0.5, 0.6) is 0 Å². The fraction of sp³-hybridized carbons (Fsp3) is 0.182. The van der Waals surface area contributed by atoms with E-state index in [0.717, 1.165) is 20.5 Å². The lowest BCUT2D eigenvalue weighted by molar-refractivity contribution is 0.223. The van der Waals surface area contributed by atoms with E-state index in [1.54, 1.807) is 6.20 Å². The standard InChI is InChI=1S/C11H11BrN2OS/c1-6-2-3-7(8(12)4-6)10(15)9-5-14-11(13)16-9/h2-5,10,15H,1H3,(H2,13,14). The summed E-state index contributed by atoms with van der Waals surface area (Å²) in [7, 11) is 0. The Hall–Kier alpha value is -0.910. The van der Waals surface area contributed by atoms with Crippen LogP contribution in [0.15, 0.2) is 28.9 Å². The quantitative estimate of drug-likeness (QED) is 0.896. The SMILES string of the molecule is Cc1ccc(C(O)c2cnc(N)s2)c(Br)c1. The van der Waals surface area contributed by atoms with Gasteiger partial charge in [-0.15, -0.1) is 0 Å². The van der Waals surface area contributed by atoms with E-state index in [9.17, 15) is 5.11 Å². The van der Waals surface area contributed by atoms with E-state index in [-0.39, 0.29) is 0 Å². The Morgan fingerprint density at radius 1 is 1.50 bits per heavy atom. The van der Waals surface area contributed by atoms with Gasteiger partial charge in [-0.3, -0.25) is 0 Å². The first-order chi connectivity index (χ1) is 7.58. The van der Waals surface area contributed by atoms with Crippen LogP contribution in [0, 0.1) is 6.92 Å². The molecule has 0 spiro atoms. The van der Waals surface area contributed by atoms with Gasteiger partial charge in [-0.05, 0) is 18.6 Å². The molecule has 0 aliphatic carbocycles. The Morgan fingerprint density at radius 3 is 2.81 bits per heavy atom. The van der Waals surface area contributed by atoms with E-state index in [0.29, 0.717) is 5.13 Å². The fourth-order valence-electron chi connectivity index (χ4n) is 1.43. The number of hydrogen-bond acceptors (Lipinski definition) is 4. The minimum absolute atomic E-state index is 0.470. The molecule has 3 N–H and O–H groups in total. The maximum Gasteiger partial charge on any atom is 0.180 e. The molecule has 0 fully saturated rings. The summed E-state index contributed by atoms with van der Waals surface area (Å²) in [5.74, 6) is 0. The van der Waals surface area contributed by atoms with Crippen molar-refractivity contribution < 1.29 is 5.11 Å². The van der Waals surface area contributed by atoms with Crippen LogP contribution >= 0.6 is 27.3 Å². The number of aliphatic hydroxyl groups is 1. The lowest BCUT2D eigenvalue weighted by Gasteiger charge is -2.11. The van der Waals surface area contributed by atoms with Crippen molar-refractivity contribution >= 4 is 32.4 Å². The lowest BCUT2D eigenvalue weighted by atomic mass is 10.1. The summed E-state index contributed by atoms with van der Waals surface area (Å²) in [5, 5.41) is 10.6. The topological polar surface area (TPSA) is 59.1 Å². The molecule has 0 bridgehead atoms. The number of thiazole rings is 1. The van der Waals surface area contributed by atoms with E-state index < -0.39 is 6.10 Å². The minimum Gasteiger partial charge on any atom is -0.383 e. The molecule has 2 rings (SSSR count). The summed E-state index contributed by atoms with van der Waals surface area (Å²) in [6.45, 7) is 2.01. The molecule has 0 amide bonds. The maximum atomic E-state index is 10.2. The van der Waals surface area contributed by atoms with Crippen LogP contribution in [-0.2, 0) is 0 Å². The maximum absolute atomic E-state index is 10.2. The summed E-state index contributed by atoms with van der Waals surface area (Å²) < 4.78 is 0.895. The molecule has 1 aromatic carbocycles. The van der Waals surface area contributed by atoms with Gasteiger partial charge in [0.1, 0.15) is 6.10 Å². The van der Waals surface area contributed by atoms with Gasteiger partial charge >= 0.3 is 0 Å². The summed E-state index contributed by atoms with van der Waals surface area (Å²) in [4.78, 5) is 4.68. The molecule has 1 atom stereocenters. The van der Waals surface area contributed by atoms with Crippen LogP contribution in [-0.4, -0.2) is 10.1 Å². The number of nitrogens with two attached hydrogens (primary N) is 1. The second-order valence-electron chi connectivity index (χ2n) is 3.53. The highest BCUT2D eigenvalue weighted by molar-refractivity contribution is 9.10. The van der Waals surface area contributed by atoms with Gasteiger partial charge in [0.05, 0.1) is 4.88 Å². The zero-order valence-electron chi connectivity index (χ0n) is 8.64. The monoisotopic (exact) mass is 298 g/mol. The molecule has 0 saturated carbocycles. The molecule has 0 aliphatic rings. The predicted octanol–water partition coefficient (Wildman–Crippen LogP) is 2.88. The normalized spacial score (nSPS) is 12.7. The van der Waals surface area contributed by atoms with Gasteiger partial charge in [-0.1, -0.05) is 39.4 Å². The molecule has 84 valence electrons. The predicted molar refractivity (Wildman–Crippen MR) is 69.5 cm³/mol. The van der Waals surface area contributed by atoms with Gasteiger partial charge < -0.3 is 10.8 Å². The Labute approximate surface area is 106 Å². The first kappa shape index (κ1) is 11.6. The number of aryl methyl sites for hydroxylation is 1. The number of hydrogen-bond donors (Lipinski definition) is 2. The molecule has 0 radical (unpaired) electrons. The van der Waals surface area contributed by atoms with Crippen LogP contribution < -0.4 is 5.73 Å². The zero-order chi connectivity index (χ0) is 11.7. The molecular weight excluding hydrogens is 288 g/mol. The Balaban J connectivity index is 2.37. The van der Waals surface area contributed by atoms with Crippen molar-refractivity contribution in [3.05, 3.63) is 44.9 Å². The third-order valence-electron chi connectivity index (χ3n) is 2.26. The smallest absolute Gasteiger partial charge is 0.180 e. The summed E-state index contributed by atoms with van der Waals surface area (Å²) in [6.07, 6.45) is 0.932. The number of nitrogen functional groups attached to an aromatic ring is 1. The highest BCUT2D eigenvalue weighted by Gasteiger charge is 2.16. The number of rotatable bonds is 2. The van der Waals surface area contributed by atoms with Crippen molar-refractivity contribution in [1.82, 2.24) is 4.98 Å². The van der Waals surface area contributed by atoms with Crippen molar-refractivity contribution in [3.63, 3.8) is 0 Å². The first-order valence-corrected chi connectivity index (χ1v) is 6.34. The van der Waals surface area contributed by atoms with E-state index in [1.165, 1.54) is 11.3 Å². The van der Waals surface area contributed by atoms with Crippen LogP contribution in [0.3, 0.4) is 0 Å². The van der Waals surface area contributed by atoms with Gasteiger partial charge in [-0.2, -0.15) is 0 Å². The summed E-state index contributed by atoms with van der Waals surface area (Å²) in [6, 6.07) is 5.84. The first-order valence-electron chi connectivity index (χ1n) is 4.73. The van der Waals surface area contributed by atoms with Crippen LogP contribution in [0.1, 0.15) is 22.1 Å². The Kier molecular flexibility index (Phi) is 3.28. The molecule has 1 unspecified atom stereocenters. The lowest BCUT2D eigenvalue weighted by Crippen LogP contribution is -1.98. The van der Waals surface area contributed by atoms with E-state index in [1.807, 2.05) is 25.1 Å². The fourth-order valence-corrected chi connectivity index (χ4v) is 2.84. The van der Waals surface area contributed by atoms with E-state index in [2.05, 4.69) is 20.9 Å². The van der Waals surface area contributed by atoms with Crippen LogP contribution in [0.25, 0.3) is 0 Å². The zero-order valence-corrected chi connectivity index (χ0v) is 11.0. The summed E-state index contributed by atoms with van der Waals surface area (Å²) in [5.41, 5.74) is 7.51. The molecular formula is C11H11BrN2OS. The van der Waals surface area contributed by atoms with Crippen molar-refractivity contribution in [3.8, 4) is 0 Å². The molecule has 3 nitrogen and oxygen atoms in total. The van der Waals surface area contributed by atoms with Gasteiger partial charge in [0.15, 0.2) is 5.13 Å². The third kappa shape index (κ3) is 2.26. The van der Waals surface area contributed by atoms with E-state index in [4.69, 9.17) is 5.73 Å². The molecule has 0 aliphatic heterocycles. The average Bonchev–Trinajstić information content (AvgIpc) is 2.64. The van der Waals surface area contributed by atoms with Crippen LogP contribution in [0.4, 0.5) is 5.13 Å². The van der Waals surface area contributed by atoms with Gasteiger partial charge in [0.2, 0.25) is 0 Å². The number of aromatic nitrogens is 1. The second-order valence-corrected chi connectivity index (χ2v) is 5.48. The van der Waals surface area contributed by atoms with Crippen molar-refractivity contribution in [1.29, 1.82) is 0 Å². The number of aliphatic hydroxyl groups excluding tert-OH is 1. The third-order valence-corrected chi connectivity index (χ3v) is 3.83. The molecule has 1 aromatic heterocycles. The highest BCUT2D eigenvalue weighted by atomic mass is 79.9. The molecule has 16 heavy (non-hydrogen) atoms. The largest absolute Gasteiger partial charge is 0.383 e. The Bertz CT molecular complexity index is 512. The number of anilines is 1. The highest BCUT2D eigenvalue weighted by Crippen LogP contribution is 2.32. The van der Waals surface area contributed by atoms with Gasteiger partial charge in [-0.25, -0.2) is 4.98 Å². The van der Waals surface area contributed by atoms with E-state index >= 15 is 0 Å². The number of halogens is 1. The number of benzene rings is 1. The van der Waals surface area contributed by atoms with Gasteiger partial charge in [0, 0.05) is 16.2 Å². The van der Waals surface area contributed by atoms with Crippen molar-refractivity contribution in [2.45, 2.75) is 13.0 Å². The van der Waals surface area contributed by atoms with Crippen molar-refractivity contribution in [2.75, 3.05) is 5.73 Å². The van der Waals surface area contributed by atoms with Crippen LogP contribution in [0.2, 0.25) is 0 Å². The second kappa shape index (κ2) is 4.53. The Morgan fingerprint density at radius 2 is 2.25 bits per heavy atom. The molecule has 5 heteroatoms. The van der Waals surface area contributed by atoms with Gasteiger partial charge in [0.25, 0.3) is 0 Å². The summed E-state index contributed by atoms with van der Waals surface area (Å²) >= 11 is 4.74.